The summed E-state index contributed by atoms with van der Waals surface area (Å²) in [5.74, 6) is 0. The Morgan fingerprint density at radius 1 is 1.31 bits per heavy atom. The average Bonchev–Trinajstić information content (AvgIpc) is 2.70. The molecule has 0 spiro atoms. The molecule has 0 atom stereocenters. The highest BCUT2D eigenvalue weighted by Gasteiger charge is 2.05. The number of hydrogen-bond acceptors (Lipinski definition) is 4. The van der Waals surface area contributed by atoms with Crippen LogP contribution in [0.2, 0.25) is 0 Å². The summed E-state index contributed by atoms with van der Waals surface area (Å²) in [5, 5.41) is 4.06. The number of aromatic nitrogens is 2. The van der Waals surface area contributed by atoms with Gasteiger partial charge in [-0.1, -0.05) is 0 Å². The molecule has 0 saturated heterocycles. The molecule has 0 unspecified atom stereocenters. The molecule has 4 heteroatoms. The van der Waals surface area contributed by atoms with Crippen molar-refractivity contribution < 1.29 is 0 Å². The van der Waals surface area contributed by atoms with Crippen LogP contribution in [0.1, 0.15) is 5.69 Å². The lowest BCUT2D eigenvalue weighted by molar-refractivity contribution is 0.969. The van der Waals surface area contributed by atoms with Crippen molar-refractivity contribution in [3.05, 3.63) is 34.9 Å². The fraction of sp³-hybridized carbons (Fsp3) is 0.111. The second-order valence-corrected chi connectivity index (χ2v) is 3.35. The number of rotatable bonds is 2. The van der Waals surface area contributed by atoms with Crippen LogP contribution >= 0.6 is 11.3 Å². The zero-order valence-electron chi connectivity index (χ0n) is 6.97. The minimum Gasteiger partial charge on any atom is -0.325 e. The standard InChI is InChI=1S/C9H9N3S/c10-5-8-9(12-3-2-11-8)7-1-4-13-6-7/h1-4,6H,5,10H2. The van der Waals surface area contributed by atoms with Gasteiger partial charge >= 0.3 is 0 Å². The van der Waals surface area contributed by atoms with Gasteiger partial charge in [0, 0.05) is 29.9 Å². The maximum absolute atomic E-state index is 5.56. The van der Waals surface area contributed by atoms with Crippen LogP contribution in [0.5, 0.6) is 0 Å². The SMILES string of the molecule is NCc1nccnc1-c1ccsc1. The zero-order chi connectivity index (χ0) is 9.10. The summed E-state index contributed by atoms with van der Waals surface area (Å²) >= 11 is 1.65. The predicted octanol–water partition coefficient (Wildman–Crippen LogP) is 1.66. The van der Waals surface area contributed by atoms with Gasteiger partial charge in [-0.25, -0.2) is 0 Å². The molecule has 0 aromatic carbocycles. The van der Waals surface area contributed by atoms with Gasteiger partial charge in [0.1, 0.15) is 0 Å². The van der Waals surface area contributed by atoms with Crippen molar-refractivity contribution in [2.24, 2.45) is 5.73 Å². The highest BCUT2D eigenvalue weighted by molar-refractivity contribution is 7.08. The van der Waals surface area contributed by atoms with Crippen molar-refractivity contribution in [3.8, 4) is 11.3 Å². The molecule has 0 aliphatic heterocycles. The molecule has 2 heterocycles. The van der Waals surface area contributed by atoms with Gasteiger partial charge in [0.25, 0.3) is 0 Å². The van der Waals surface area contributed by atoms with Gasteiger partial charge in [-0.2, -0.15) is 11.3 Å². The minimum absolute atomic E-state index is 0.430. The van der Waals surface area contributed by atoms with Crippen LogP contribution in [-0.4, -0.2) is 9.97 Å². The third kappa shape index (κ3) is 1.59. The van der Waals surface area contributed by atoms with E-state index in [9.17, 15) is 0 Å². The second-order valence-electron chi connectivity index (χ2n) is 2.57. The molecule has 3 nitrogen and oxygen atoms in total. The van der Waals surface area contributed by atoms with E-state index in [0.717, 1.165) is 17.0 Å². The van der Waals surface area contributed by atoms with Gasteiger partial charge in [-0.05, 0) is 11.4 Å². The summed E-state index contributed by atoms with van der Waals surface area (Å²) in [6, 6.07) is 2.02. The van der Waals surface area contributed by atoms with E-state index >= 15 is 0 Å². The summed E-state index contributed by atoms with van der Waals surface area (Å²) in [4.78, 5) is 8.43. The maximum Gasteiger partial charge on any atom is 0.0938 e. The molecule has 0 saturated carbocycles. The maximum atomic E-state index is 5.56. The van der Waals surface area contributed by atoms with Crippen LogP contribution in [0.15, 0.2) is 29.2 Å². The Bertz CT molecular complexity index is 384. The molecule has 0 fully saturated rings. The van der Waals surface area contributed by atoms with E-state index in [1.807, 2.05) is 16.8 Å². The smallest absolute Gasteiger partial charge is 0.0938 e. The average molecular weight is 191 g/mol. The lowest BCUT2D eigenvalue weighted by Gasteiger charge is -2.01. The van der Waals surface area contributed by atoms with Crippen molar-refractivity contribution in [2.75, 3.05) is 0 Å². The molecular weight excluding hydrogens is 182 g/mol. The Morgan fingerprint density at radius 3 is 2.85 bits per heavy atom. The van der Waals surface area contributed by atoms with Crippen LogP contribution < -0.4 is 5.73 Å². The van der Waals surface area contributed by atoms with Crippen molar-refractivity contribution in [2.45, 2.75) is 6.54 Å². The lowest BCUT2D eigenvalue weighted by Crippen LogP contribution is -2.02. The van der Waals surface area contributed by atoms with Gasteiger partial charge in [0.2, 0.25) is 0 Å². The highest BCUT2D eigenvalue weighted by Crippen LogP contribution is 2.21. The van der Waals surface area contributed by atoms with E-state index in [-0.39, 0.29) is 0 Å². The highest BCUT2D eigenvalue weighted by atomic mass is 32.1. The van der Waals surface area contributed by atoms with Crippen LogP contribution in [0.25, 0.3) is 11.3 Å². The molecule has 66 valence electrons. The zero-order valence-corrected chi connectivity index (χ0v) is 7.79. The van der Waals surface area contributed by atoms with Crippen molar-refractivity contribution >= 4 is 11.3 Å². The van der Waals surface area contributed by atoms with Crippen molar-refractivity contribution in [3.63, 3.8) is 0 Å². The minimum atomic E-state index is 0.430. The monoisotopic (exact) mass is 191 g/mol. The Labute approximate surface area is 80.3 Å². The van der Waals surface area contributed by atoms with E-state index in [2.05, 4.69) is 9.97 Å². The molecule has 0 aliphatic rings. The van der Waals surface area contributed by atoms with E-state index in [1.165, 1.54) is 0 Å². The third-order valence-electron chi connectivity index (χ3n) is 1.76. The molecule has 0 radical (unpaired) electrons. The number of thiophene rings is 1. The first-order chi connectivity index (χ1) is 6.42. The van der Waals surface area contributed by atoms with Gasteiger partial charge in [-0.15, -0.1) is 0 Å². The first-order valence-electron chi connectivity index (χ1n) is 3.94. The Balaban J connectivity index is 2.51. The number of nitrogens with zero attached hydrogens (tertiary/aromatic N) is 2. The van der Waals surface area contributed by atoms with E-state index < -0.39 is 0 Å². The molecule has 0 bridgehead atoms. The fourth-order valence-corrected chi connectivity index (χ4v) is 1.80. The van der Waals surface area contributed by atoms with Gasteiger partial charge in [-0.3, -0.25) is 9.97 Å². The summed E-state index contributed by atoms with van der Waals surface area (Å²) in [6.45, 7) is 0.430. The summed E-state index contributed by atoms with van der Waals surface area (Å²) in [7, 11) is 0. The molecule has 2 N–H and O–H groups in total. The fourth-order valence-electron chi connectivity index (χ4n) is 1.16. The van der Waals surface area contributed by atoms with Gasteiger partial charge in [0.15, 0.2) is 0 Å². The first-order valence-corrected chi connectivity index (χ1v) is 4.88. The molecular formula is C9H9N3S. The quantitative estimate of drug-likeness (QED) is 0.785. The summed E-state index contributed by atoms with van der Waals surface area (Å²) in [6.07, 6.45) is 3.35. The molecule has 2 aromatic rings. The van der Waals surface area contributed by atoms with Gasteiger partial charge < -0.3 is 5.73 Å². The lowest BCUT2D eigenvalue weighted by atomic mass is 10.2. The topological polar surface area (TPSA) is 51.8 Å². The largest absolute Gasteiger partial charge is 0.325 e. The van der Waals surface area contributed by atoms with Crippen molar-refractivity contribution in [1.29, 1.82) is 0 Å². The number of hydrogen-bond donors (Lipinski definition) is 1. The summed E-state index contributed by atoms with van der Waals surface area (Å²) in [5.41, 5.74) is 8.40. The van der Waals surface area contributed by atoms with Crippen molar-refractivity contribution in [1.82, 2.24) is 9.97 Å². The van der Waals surface area contributed by atoms with Crippen LogP contribution in [0.3, 0.4) is 0 Å². The van der Waals surface area contributed by atoms with Crippen LogP contribution in [-0.2, 0) is 6.54 Å². The predicted molar refractivity (Wildman–Crippen MR) is 53.2 cm³/mol. The molecule has 0 aliphatic carbocycles. The normalized spacial score (nSPS) is 10.2. The summed E-state index contributed by atoms with van der Waals surface area (Å²) < 4.78 is 0. The molecule has 13 heavy (non-hydrogen) atoms. The number of nitrogens with two attached hydrogens (primary N) is 1. The Kier molecular flexibility index (Phi) is 2.33. The van der Waals surface area contributed by atoms with E-state index in [4.69, 9.17) is 5.73 Å². The Morgan fingerprint density at radius 2 is 2.15 bits per heavy atom. The Hall–Kier alpha value is -1.26. The second kappa shape index (κ2) is 3.64. The molecule has 0 amide bonds. The van der Waals surface area contributed by atoms with Gasteiger partial charge in [0.05, 0.1) is 11.4 Å². The third-order valence-corrected chi connectivity index (χ3v) is 2.45. The first kappa shape index (κ1) is 8.34. The van der Waals surface area contributed by atoms with E-state index in [1.54, 1.807) is 23.7 Å². The molecule has 2 rings (SSSR count). The molecule has 2 aromatic heterocycles. The van der Waals surface area contributed by atoms with Crippen LogP contribution in [0.4, 0.5) is 0 Å². The van der Waals surface area contributed by atoms with E-state index in [0.29, 0.717) is 6.54 Å². The van der Waals surface area contributed by atoms with Crippen LogP contribution in [0, 0.1) is 0 Å².